The molecule has 0 radical (unpaired) electrons. The molecule has 0 N–H and O–H groups in total. The van der Waals surface area contributed by atoms with Crippen LogP contribution in [0.1, 0.15) is 68.1 Å². The van der Waals surface area contributed by atoms with Gasteiger partial charge in [0.1, 0.15) is 0 Å². The summed E-state index contributed by atoms with van der Waals surface area (Å²) in [6.07, 6.45) is 11.4. The summed E-state index contributed by atoms with van der Waals surface area (Å²) in [5, 5.41) is 6.58. The van der Waals surface area contributed by atoms with E-state index in [0.29, 0.717) is 12.5 Å². The fourth-order valence-corrected chi connectivity index (χ4v) is 4.73. The van der Waals surface area contributed by atoms with Crippen molar-refractivity contribution < 1.29 is 4.79 Å². The summed E-state index contributed by atoms with van der Waals surface area (Å²) in [4.78, 5) is 14.9. The van der Waals surface area contributed by atoms with Crippen molar-refractivity contribution in [3.63, 3.8) is 0 Å². The Bertz CT molecular complexity index is 733. The molecular weight excluding hydrogens is 322 g/mol. The SMILES string of the molecule is O=C1CCC(c2ccc3c(c2)CCN(C2CCC2)CC3)=NN1C1CCC1. The van der Waals surface area contributed by atoms with E-state index in [0.717, 1.165) is 37.4 Å². The zero-order valence-corrected chi connectivity index (χ0v) is 15.6. The van der Waals surface area contributed by atoms with Crippen molar-refractivity contribution in [2.75, 3.05) is 13.1 Å². The van der Waals surface area contributed by atoms with Crippen molar-refractivity contribution in [3.8, 4) is 0 Å². The van der Waals surface area contributed by atoms with Gasteiger partial charge in [0.15, 0.2) is 0 Å². The molecule has 2 saturated carbocycles. The predicted octanol–water partition coefficient (Wildman–Crippen LogP) is 3.52. The molecule has 2 heterocycles. The molecule has 1 amide bonds. The second kappa shape index (κ2) is 6.80. The highest BCUT2D eigenvalue weighted by Gasteiger charge is 2.32. The number of carbonyl (C=O) groups is 1. The summed E-state index contributed by atoms with van der Waals surface area (Å²) in [5.74, 6) is 0.212. The van der Waals surface area contributed by atoms with E-state index in [1.807, 2.05) is 0 Å². The Morgan fingerprint density at radius 2 is 1.58 bits per heavy atom. The number of nitrogens with zero attached hydrogens (tertiary/aromatic N) is 3. The summed E-state index contributed by atoms with van der Waals surface area (Å²) in [6.45, 7) is 2.40. The first kappa shape index (κ1) is 16.5. The van der Waals surface area contributed by atoms with Crippen LogP contribution in [-0.4, -0.2) is 46.7 Å². The van der Waals surface area contributed by atoms with Gasteiger partial charge < -0.3 is 0 Å². The van der Waals surface area contributed by atoms with Crippen LogP contribution in [0.2, 0.25) is 0 Å². The van der Waals surface area contributed by atoms with Crippen LogP contribution >= 0.6 is 0 Å². The van der Waals surface area contributed by atoms with Gasteiger partial charge in [0.05, 0.1) is 11.8 Å². The van der Waals surface area contributed by atoms with Crippen LogP contribution in [0.5, 0.6) is 0 Å². The predicted molar refractivity (Wildman–Crippen MR) is 103 cm³/mol. The largest absolute Gasteiger partial charge is 0.300 e. The van der Waals surface area contributed by atoms with E-state index in [1.54, 1.807) is 5.01 Å². The van der Waals surface area contributed by atoms with Crippen LogP contribution in [0.25, 0.3) is 0 Å². The number of rotatable bonds is 3. The van der Waals surface area contributed by atoms with Gasteiger partial charge in [0.2, 0.25) is 5.91 Å². The Labute approximate surface area is 156 Å². The first-order valence-electron chi connectivity index (χ1n) is 10.5. The highest BCUT2D eigenvalue weighted by Crippen LogP contribution is 2.30. The topological polar surface area (TPSA) is 35.9 Å². The van der Waals surface area contributed by atoms with Crippen LogP contribution in [0.3, 0.4) is 0 Å². The van der Waals surface area contributed by atoms with Gasteiger partial charge in [-0.1, -0.05) is 18.6 Å². The summed E-state index contributed by atoms with van der Waals surface area (Å²) >= 11 is 0. The minimum Gasteiger partial charge on any atom is -0.300 e. The quantitative estimate of drug-likeness (QED) is 0.835. The Hall–Kier alpha value is -1.68. The van der Waals surface area contributed by atoms with E-state index < -0.39 is 0 Å². The van der Waals surface area contributed by atoms with Crippen LogP contribution < -0.4 is 0 Å². The monoisotopic (exact) mass is 351 g/mol. The standard InChI is InChI=1S/C22H29N3O/c26-22-10-9-21(23-25(22)20-5-2-6-20)18-8-7-16-11-13-24(19-3-1-4-19)14-12-17(16)15-18/h7-8,15,19-20H,1-6,9-14H2. The molecule has 0 unspecified atom stereocenters. The van der Waals surface area contributed by atoms with E-state index in [2.05, 4.69) is 23.1 Å². The number of hydrogen-bond donors (Lipinski definition) is 0. The summed E-state index contributed by atoms with van der Waals surface area (Å²) in [5.41, 5.74) is 5.36. The lowest BCUT2D eigenvalue weighted by Crippen LogP contribution is -2.43. The fourth-order valence-electron chi connectivity index (χ4n) is 4.73. The van der Waals surface area contributed by atoms with Gasteiger partial charge in [-0.15, -0.1) is 0 Å². The smallest absolute Gasteiger partial charge is 0.243 e. The molecule has 2 fully saturated rings. The molecule has 0 spiro atoms. The van der Waals surface area contributed by atoms with Crippen molar-refractivity contribution in [1.29, 1.82) is 0 Å². The second-order valence-corrected chi connectivity index (χ2v) is 8.47. The van der Waals surface area contributed by atoms with Gasteiger partial charge in [-0.3, -0.25) is 9.69 Å². The Kier molecular flexibility index (Phi) is 4.32. The molecule has 4 aliphatic rings. The third kappa shape index (κ3) is 2.98. The second-order valence-electron chi connectivity index (χ2n) is 8.47. The fraction of sp³-hybridized carbons (Fsp3) is 0.636. The van der Waals surface area contributed by atoms with E-state index >= 15 is 0 Å². The number of benzene rings is 1. The van der Waals surface area contributed by atoms with Gasteiger partial charge in [-0.05, 0) is 67.7 Å². The molecule has 4 nitrogen and oxygen atoms in total. The lowest BCUT2D eigenvalue weighted by Gasteiger charge is -2.36. The maximum atomic E-state index is 12.2. The van der Waals surface area contributed by atoms with E-state index in [-0.39, 0.29) is 5.91 Å². The molecule has 5 rings (SSSR count). The summed E-state index contributed by atoms with van der Waals surface area (Å²) in [6, 6.07) is 8.13. The van der Waals surface area contributed by atoms with Crippen LogP contribution in [0, 0.1) is 0 Å². The normalized spacial score (nSPS) is 25.2. The number of carbonyl (C=O) groups excluding carboxylic acids is 1. The first-order chi connectivity index (χ1) is 12.8. The number of hydrogen-bond acceptors (Lipinski definition) is 3. The Morgan fingerprint density at radius 3 is 2.27 bits per heavy atom. The minimum absolute atomic E-state index is 0.212. The molecular formula is C22H29N3O. The first-order valence-corrected chi connectivity index (χ1v) is 10.5. The Balaban J connectivity index is 1.36. The average Bonchev–Trinajstić information content (AvgIpc) is 2.76. The van der Waals surface area contributed by atoms with Crippen LogP contribution in [-0.2, 0) is 17.6 Å². The van der Waals surface area contributed by atoms with E-state index in [1.165, 1.54) is 61.9 Å². The number of amides is 1. The molecule has 4 heteroatoms. The van der Waals surface area contributed by atoms with Crippen LogP contribution in [0.15, 0.2) is 23.3 Å². The van der Waals surface area contributed by atoms with Crippen molar-refractivity contribution in [2.24, 2.45) is 5.10 Å². The highest BCUT2D eigenvalue weighted by atomic mass is 16.2. The number of hydrazone groups is 1. The lowest BCUT2D eigenvalue weighted by atomic mass is 9.91. The molecule has 0 aromatic heterocycles. The Morgan fingerprint density at radius 1 is 0.846 bits per heavy atom. The van der Waals surface area contributed by atoms with Gasteiger partial charge >= 0.3 is 0 Å². The molecule has 138 valence electrons. The molecule has 2 aliphatic heterocycles. The average molecular weight is 351 g/mol. The molecule has 0 bridgehead atoms. The van der Waals surface area contributed by atoms with Crippen LogP contribution in [0.4, 0.5) is 0 Å². The zero-order valence-electron chi connectivity index (χ0n) is 15.6. The summed E-state index contributed by atoms with van der Waals surface area (Å²) < 4.78 is 0. The molecule has 0 saturated heterocycles. The third-order valence-electron chi connectivity index (χ3n) is 6.95. The molecule has 1 aromatic carbocycles. The lowest BCUT2D eigenvalue weighted by molar-refractivity contribution is -0.135. The van der Waals surface area contributed by atoms with E-state index in [4.69, 9.17) is 5.10 Å². The van der Waals surface area contributed by atoms with Gasteiger partial charge in [0, 0.05) is 32.0 Å². The summed E-state index contributed by atoms with van der Waals surface area (Å²) in [7, 11) is 0. The van der Waals surface area contributed by atoms with Crippen molar-refractivity contribution in [3.05, 3.63) is 34.9 Å². The van der Waals surface area contributed by atoms with Gasteiger partial charge in [-0.25, -0.2) is 5.01 Å². The van der Waals surface area contributed by atoms with Crippen molar-refractivity contribution >= 4 is 11.6 Å². The number of fused-ring (bicyclic) bond motifs is 1. The van der Waals surface area contributed by atoms with E-state index in [9.17, 15) is 4.79 Å². The molecule has 0 atom stereocenters. The van der Waals surface area contributed by atoms with Gasteiger partial charge in [-0.2, -0.15) is 5.10 Å². The minimum atomic E-state index is 0.212. The maximum Gasteiger partial charge on any atom is 0.243 e. The molecule has 26 heavy (non-hydrogen) atoms. The maximum absolute atomic E-state index is 12.2. The van der Waals surface area contributed by atoms with Crippen molar-refractivity contribution in [1.82, 2.24) is 9.91 Å². The van der Waals surface area contributed by atoms with Gasteiger partial charge in [0.25, 0.3) is 0 Å². The highest BCUT2D eigenvalue weighted by molar-refractivity contribution is 6.04. The molecule has 2 aliphatic carbocycles. The zero-order chi connectivity index (χ0) is 17.5. The molecule has 1 aromatic rings. The van der Waals surface area contributed by atoms with Crippen molar-refractivity contribution in [2.45, 2.75) is 76.3 Å². The third-order valence-corrected chi connectivity index (χ3v) is 6.95.